The maximum atomic E-state index is 9.21. The molecule has 0 heterocycles. The highest BCUT2D eigenvalue weighted by molar-refractivity contribution is 6.64. The monoisotopic (exact) mass is 758 g/mol. The van der Waals surface area contributed by atoms with Gasteiger partial charge in [0.15, 0.2) is 0 Å². The van der Waals surface area contributed by atoms with Crippen LogP contribution in [0.2, 0.25) is 13.1 Å². The summed E-state index contributed by atoms with van der Waals surface area (Å²) in [6, 6.07) is 0. The second-order valence-electron chi connectivity index (χ2n) is 16.6. The first kappa shape index (κ1) is 52.0. The topological polar surface area (TPSA) is 71.4 Å². The normalized spacial score (nSPS) is 13.4. The highest BCUT2D eigenvalue weighted by Crippen LogP contribution is 2.20. The summed E-state index contributed by atoms with van der Waals surface area (Å²) in [5.41, 5.74) is 0. The summed E-state index contributed by atoms with van der Waals surface area (Å²) < 4.78 is 19.4. The lowest BCUT2D eigenvalue weighted by atomic mass is 9.99. The number of hydrogen-bond acceptors (Lipinski definition) is 6. The van der Waals surface area contributed by atoms with Crippen LogP contribution >= 0.6 is 0 Å². The van der Waals surface area contributed by atoms with E-state index in [9.17, 15) is 10.2 Å². The van der Waals surface area contributed by atoms with Gasteiger partial charge < -0.3 is 23.8 Å². The van der Waals surface area contributed by atoms with Crippen LogP contribution in [0.15, 0.2) is 0 Å². The predicted octanol–water partition coefficient (Wildman–Crippen LogP) is 13.1. The van der Waals surface area contributed by atoms with E-state index in [0.29, 0.717) is 13.1 Å². The van der Waals surface area contributed by atoms with E-state index in [-0.39, 0.29) is 19.5 Å². The van der Waals surface area contributed by atoms with Gasteiger partial charge in [0.05, 0.1) is 13.2 Å². The summed E-state index contributed by atoms with van der Waals surface area (Å²) in [6.45, 7) is 15.4. The molecule has 6 nitrogen and oxygen atoms in total. The molecule has 0 rings (SSSR count). The fourth-order valence-electron chi connectivity index (χ4n) is 7.19. The van der Waals surface area contributed by atoms with E-state index in [1.54, 1.807) is 0 Å². The lowest BCUT2D eigenvalue weighted by Gasteiger charge is -2.29. The van der Waals surface area contributed by atoms with Crippen LogP contribution in [0.5, 0.6) is 0 Å². The first-order chi connectivity index (χ1) is 25.4. The highest BCUT2D eigenvalue weighted by atomic mass is 28.4. The molecule has 2 unspecified atom stereocenters. The van der Waals surface area contributed by atoms with E-state index in [4.69, 9.17) is 13.6 Å². The molecule has 0 aromatic rings. The SMILES string of the molecule is CCCCCCCCCCCCCCCCOC(CCCCCCCCCCCCC(C)CC)O[Si](C)(C)OCCCCCCN(CCO)CCO. The molecule has 0 fully saturated rings. The third-order valence-corrected chi connectivity index (χ3v) is 12.7. The van der Waals surface area contributed by atoms with Crippen LogP contribution in [0, 0.1) is 5.92 Å². The van der Waals surface area contributed by atoms with E-state index in [0.717, 1.165) is 64.2 Å². The number of ether oxygens (including phenoxy) is 1. The Hall–Kier alpha value is -0.0231. The van der Waals surface area contributed by atoms with Crippen molar-refractivity contribution in [2.75, 3.05) is 46.1 Å². The van der Waals surface area contributed by atoms with Crippen molar-refractivity contribution < 1.29 is 23.8 Å². The summed E-state index contributed by atoms with van der Waals surface area (Å²) in [7, 11) is -2.28. The molecule has 0 aliphatic carbocycles. The first-order valence-electron chi connectivity index (χ1n) is 23.3. The van der Waals surface area contributed by atoms with Crippen LogP contribution in [0.4, 0.5) is 0 Å². The average Bonchev–Trinajstić information content (AvgIpc) is 3.12. The largest absolute Gasteiger partial charge is 0.395 e. The van der Waals surface area contributed by atoms with E-state index in [1.165, 1.54) is 161 Å². The Balaban J connectivity index is 4.30. The third kappa shape index (κ3) is 38.3. The quantitative estimate of drug-likeness (QED) is 0.0366. The average molecular weight is 758 g/mol. The van der Waals surface area contributed by atoms with Crippen molar-refractivity contribution in [1.29, 1.82) is 0 Å². The van der Waals surface area contributed by atoms with Gasteiger partial charge in [-0.25, -0.2) is 0 Å². The van der Waals surface area contributed by atoms with Crippen LogP contribution in [0.1, 0.15) is 220 Å². The molecule has 0 aliphatic rings. The van der Waals surface area contributed by atoms with Gasteiger partial charge in [0.1, 0.15) is 6.29 Å². The molecule has 0 spiro atoms. The van der Waals surface area contributed by atoms with Crippen molar-refractivity contribution in [3.63, 3.8) is 0 Å². The van der Waals surface area contributed by atoms with E-state index in [2.05, 4.69) is 38.8 Å². The lowest BCUT2D eigenvalue weighted by Crippen LogP contribution is -2.40. The zero-order chi connectivity index (χ0) is 38.2. The van der Waals surface area contributed by atoms with Crippen LogP contribution < -0.4 is 0 Å². The minimum Gasteiger partial charge on any atom is -0.395 e. The first-order valence-corrected chi connectivity index (χ1v) is 26.1. The Bertz CT molecular complexity index is 678. The highest BCUT2D eigenvalue weighted by Gasteiger charge is 2.29. The van der Waals surface area contributed by atoms with E-state index >= 15 is 0 Å². The van der Waals surface area contributed by atoms with Crippen molar-refractivity contribution in [1.82, 2.24) is 4.90 Å². The Labute approximate surface area is 327 Å². The summed E-state index contributed by atoms with van der Waals surface area (Å²) in [5.74, 6) is 0.904. The molecule has 7 heteroatoms. The smallest absolute Gasteiger partial charge is 0.333 e. The Morgan fingerprint density at radius 3 is 1.35 bits per heavy atom. The van der Waals surface area contributed by atoms with E-state index in [1.807, 2.05) is 0 Å². The minimum absolute atomic E-state index is 0.136. The van der Waals surface area contributed by atoms with Crippen molar-refractivity contribution >= 4 is 8.56 Å². The predicted molar refractivity (Wildman–Crippen MR) is 229 cm³/mol. The molecule has 0 saturated carbocycles. The molecular formula is C45H95NO5Si. The van der Waals surface area contributed by atoms with Gasteiger partial charge in [-0.3, -0.25) is 4.90 Å². The molecule has 0 aliphatic heterocycles. The number of aliphatic hydroxyl groups excluding tert-OH is 2. The van der Waals surface area contributed by atoms with Crippen LogP contribution in [-0.2, 0) is 13.6 Å². The van der Waals surface area contributed by atoms with E-state index < -0.39 is 8.56 Å². The molecular weight excluding hydrogens is 663 g/mol. The van der Waals surface area contributed by atoms with Crippen LogP contribution in [0.3, 0.4) is 0 Å². The van der Waals surface area contributed by atoms with Gasteiger partial charge in [-0.2, -0.15) is 0 Å². The van der Waals surface area contributed by atoms with Crippen molar-refractivity contribution in [3.05, 3.63) is 0 Å². The Morgan fingerprint density at radius 1 is 0.481 bits per heavy atom. The van der Waals surface area contributed by atoms with Gasteiger partial charge in [0, 0.05) is 26.3 Å². The maximum Gasteiger partial charge on any atom is 0.333 e. The number of nitrogens with zero attached hydrogens (tertiary/aromatic N) is 1. The summed E-state index contributed by atoms with van der Waals surface area (Å²) in [6.07, 6.45) is 40.8. The van der Waals surface area contributed by atoms with Crippen LogP contribution in [0.25, 0.3) is 0 Å². The van der Waals surface area contributed by atoms with Crippen molar-refractivity contribution in [3.8, 4) is 0 Å². The van der Waals surface area contributed by atoms with Gasteiger partial charge in [0.2, 0.25) is 0 Å². The van der Waals surface area contributed by atoms with Crippen LogP contribution in [-0.4, -0.2) is 76.0 Å². The molecule has 2 N–H and O–H groups in total. The molecule has 314 valence electrons. The molecule has 2 atom stereocenters. The standard InChI is InChI=1S/C45H95NO5Si/c1-6-8-9-10-11-12-13-14-15-18-21-24-28-33-42-49-45(36-31-26-23-20-17-16-19-22-25-30-35-44(3)7-2)51-52(4,5)50-43-34-29-27-32-37-46(38-40-47)39-41-48/h44-45,47-48H,6-43H2,1-5H3. The molecule has 52 heavy (non-hydrogen) atoms. The zero-order valence-corrected chi connectivity index (χ0v) is 37.1. The van der Waals surface area contributed by atoms with Gasteiger partial charge >= 0.3 is 8.56 Å². The van der Waals surface area contributed by atoms with Crippen molar-refractivity contribution in [2.45, 2.75) is 239 Å². The summed E-state index contributed by atoms with van der Waals surface area (Å²) in [4.78, 5) is 2.14. The number of hydrogen-bond donors (Lipinski definition) is 2. The van der Waals surface area contributed by atoms with Gasteiger partial charge in [-0.05, 0) is 57.7 Å². The van der Waals surface area contributed by atoms with Gasteiger partial charge in [-0.1, -0.05) is 188 Å². The molecule has 0 aromatic heterocycles. The van der Waals surface area contributed by atoms with Gasteiger partial charge in [-0.15, -0.1) is 0 Å². The molecule has 0 bridgehead atoms. The van der Waals surface area contributed by atoms with Crippen molar-refractivity contribution in [2.24, 2.45) is 5.92 Å². The Morgan fingerprint density at radius 2 is 0.885 bits per heavy atom. The molecule has 0 aromatic carbocycles. The Kier molecular flexibility index (Phi) is 40.6. The fourth-order valence-corrected chi connectivity index (χ4v) is 8.71. The molecule has 0 radical (unpaired) electrons. The number of rotatable bonds is 44. The number of aliphatic hydroxyl groups is 2. The second kappa shape index (κ2) is 40.6. The fraction of sp³-hybridized carbons (Fsp3) is 1.00. The van der Waals surface area contributed by atoms with Gasteiger partial charge in [0.25, 0.3) is 0 Å². The summed E-state index contributed by atoms with van der Waals surface area (Å²) in [5, 5.41) is 18.4. The molecule has 0 amide bonds. The second-order valence-corrected chi connectivity index (χ2v) is 19.9. The third-order valence-electron chi connectivity index (χ3n) is 11.0. The molecule has 0 saturated heterocycles. The lowest BCUT2D eigenvalue weighted by molar-refractivity contribution is -0.104. The number of unbranched alkanes of at least 4 members (excludes halogenated alkanes) is 25. The zero-order valence-electron chi connectivity index (χ0n) is 36.1. The minimum atomic E-state index is -2.28. The summed E-state index contributed by atoms with van der Waals surface area (Å²) >= 11 is 0. The maximum absolute atomic E-state index is 9.21.